The molecule has 2 aromatic rings. The summed E-state index contributed by atoms with van der Waals surface area (Å²) < 4.78 is 26.7. The first-order valence-corrected chi connectivity index (χ1v) is 8.98. The molecule has 0 radical (unpaired) electrons. The van der Waals surface area contributed by atoms with Gasteiger partial charge in [-0.05, 0) is 37.5 Å². The fraction of sp³-hybridized carbons (Fsp3) is 0.350. The maximum atomic E-state index is 13.6. The molecule has 1 aliphatic heterocycles. The van der Waals surface area contributed by atoms with E-state index >= 15 is 0 Å². The second-order valence-electron chi connectivity index (χ2n) is 6.89. The van der Waals surface area contributed by atoms with Crippen molar-refractivity contribution in [3.63, 3.8) is 0 Å². The van der Waals surface area contributed by atoms with Crippen molar-refractivity contribution in [3.05, 3.63) is 59.2 Å². The van der Waals surface area contributed by atoms with Crippen LogP contribution in [0.2, 0.25) is 0 Å². The van der Waals surface area contributed by atoms with Crippen molar-refractivity contribution < 1.29 is 13.9 Å². The minimum absolute atomic E-state index is 0.367. The van der Waals surface area contributed by atoms with Gasteiger partial charge in [0.1, 0.15) is 12.1 Å². The number of allylic oxidation sites excluding steroid dienone is 2. The third-order valence-corrected chi connectivity index (χ3v) is 4.98. The van der Waals surface area contributed by atoms with Crippen LogP contribution in [0.4, 0.5) is 14.6 Å². The second kappa shape index (κ2) is 8.02. The van der Waals surface area contributed by atoms with E-state index in [1.165, 1.54) is 12.4 Å². The van der Waals surface area contributed by atoms with Crippen molar-refractivity contribution in [2.75, 3.05) is 25.0 Å². The smallest absolute Gasteiger partial charge is 0.159 e. The quantitative estimate of drug-likeness (QED) is 0.788. The van der Waals surface area contributed by atoms with Gasteiger partial charge in [0.25, 0.3) is 0 Å². The molecule has 0 bridgehead atoms. The average molecular weight is 387 g/mol. The first kappa shape index (κ1) is 19.9. The van der Waals surface area contributed by atoms with Crippen molar-refractivity contribution in [1.29, 1.82) is 0 Å². The van der Waals surface area contributed by atoms with Gasteiger partial charge in [0, 0.05) is 43.7 Å². The zero-order chi connectivity index (χ0) is 20.3. The molecule has 0 unspecified atom stereocenters. The molecule has 8 heteroatoms. The van der Waals surface area contributed by atoms with Crippen LogP contribution >= 0.6 is 0 Å². The van der Waals surface area contributed by atoms with E-state index in [-0.39, 0.29) is 0 Å². The zero-order valence-corrected chi connectivity index (χ0v) is 15.9. The number of aliphatic hydroxyl groups is 1. The third-order valence-electron chi connectivity index (χ3n) is 4.98. The monoisotopic (exact) mass is 387 g/mol. The molecule has 0 aliphatic carbocycles. The number of hydrogen-bond acceptors (Lipinski definition) is 6. The van der Waals surface area contributed by atoms with Gasteiger partial charge in [-0.25, -0.2) is 18.7 Å². The number of aliphatic imine (C=N–C) groups is 1. The Morgan fingerprint density at radius 3 is 2.54 bits per heavy atom. The number of benzene rings is 1. The fourth-order valence-electron chi connectivity index (χ4n) is 3.35. The molecule has 2 heterocycles. The van der Waals surface area contributed by atoms with Crippen LogP contribution in [-0.4, -0.2) is 41.4 Å². The van der Waals surface area contributed by atoms with E-state index in [1.54, 1.807) is 20.2 Å². The number of aromatic nitrogens is 2. The van der Waals surface area contributed by atoms with Gasteiger partial charge in [-0.2, -0.15) is 0 Å². The molecular weight excluding hydrogens is 364 g/mol. The van der Waals surface area contributed by atoms with Gasteiger partial charge in [-0.3, -0.25) is 4.99 Å². The predicted molar refractivity (Wildman–Crippen MR) is 105 cm³/mol. The van der Waals surface area contributed by atoms with E-state index in [9.17, 15) is 13.9 Å². The highest BCUT2D eigenvalue weighted by atomic mass is 19.2. The van der Waals surface area contributed by atoms with Crippen LogP contribution in [-0.2, 0) is 5.60 Å². The van der Waals surface area contributed by atoms with E-state index in [0.29, 0.717) is 48.7 Å². The summed E-state index contributed by atoms with van der Waals surface area (Å²) in [6.07, 6.45) is 3.85. The van der Waals surface area contributed by atoms with Crippen LogP contribution < -0.4 is 10.6 Å². The van der Waals surface area contributed by atoms with Crippen LogP contribution in [0.25, 0.3) is 5.57 Å². The SMILES string of the molecule is CN=C/C(=C(/C)N)c1cc(N2CCC(O)(c3ccc(F)c(F)c3)CC2)ncn1. The van der Waals surface area contributed by atoms with E-state index in [2.05, 4.69) is 15.0 Å². The largest absolute Gasteiger partial charge is 0.402 e. The van der Waals surface area contributed by atoms with Crippen LogP contribution in [0.1, 0.15) is 31.0 Å². The average Bonchev–Trinajstić information content (AvgIpc) is 2.68. The van der Waals surface area contributed by atoms with E-state index in [0.717, 1.165) is 17.7 Å². The maximum Gasteiger partial charge on any atom is 0.159 e. The number of halogens is 2. The molecule has 3 rings (SSSR count). The van der Waals surface area contributed by atoms with E-state index in [4.69, 9.17) is 5.73 Å². The first-order valence-electron chi connectivity index (χ1n) is 8.98. The molecule has 0 atom stereocenters. The highest BCUT2D eigenvalue weighted by Gasteiger charge is 2.35. The van der Waals surface area contributed by atoms with Gasteiger partial charge in [0.05, 0.1) is 11.3 Å². The Balaban J connectivity index is 1.79. The Hall–Kier alpha value is -2.87. The number of hydrogen-bond donors (Lipinski definition) is 2. The number of piperidine rings is 1. The summed E-state index contributed by atoms with van der Waals surface area (Å²) in [5, 5.41) is 10.9. The molecule has 3 N–H and O–H groups in total. The Bertz CT molecular complexity index is 917. The first-order chi connectivity index (χ1) is 13.3. The van der Waals surface area contributed by atoms with Crippen molar-refractivity contribution in [2.45, 2.75) is 25.4 Å². The van der Waals surface area contributed by atoms with Crippen LogP contribution in [0.15, 0.2) is 41.3 Å². The van der Waals surface area contributed by atoms with Gasteiger partial charge in [0.2, 0.25) is 0 Å². The van der Waals surface area contributed by atoms with Gasteiger partial charge < -0.3 is 15.7 Å². The summed E-state index contributed by atoms with van der Waals surface area (Å²) in [5.41, 5.74) is 7.10. The van der Waals surface area contributed by atoms with Crippen molar-refractivity contribution >= 4 is 17.6 Å². The van der Waals surface area contributed by atoms with Crippen molar-refractivity contribution in [2.24, 2.45) is 10.7 Å². The van der Waals surface area contributed by atoms with Gasteiger partial charge in [-0.15, -0.1) is 0 Å². The minimum atomic E-state index is -1.20. The maximum absolute atomic E-state index is 13.6. The molecule has 0 spiro atoms. The molecule has 148 valence electrons. The van der Waals surface area contributed by atoms with Crippen LogP contribution in [0, 0.1) is 11.6 Å². The van der Waals surface area contributed by atoms with Crippen molar-refractivity contribution in [3.8, 4) is 0 Å². The molecule has 1 saturated heterocycles. The Morgan fingerprint density at radius 2 is 1.93 bits per heavy atom. The van der Waals surface area contributed by atoms with Gasteiger partial charge in [-0.1, -0.05) is 6.07 Å². The predicted octanol–water partition coefficient (Wildman–Crippen LogP) is 2.63. The molecule has 1 aromatic carbocycles. The fourth-order valence-corrected chi connectivity index (χ4v) is 3.35. The molecule has 1 fully saturated rings. The summed E-state index contributed by atoms with van der Waals surface area (Å²) >= 11 is 0. The third kappa shape index (κ3) is 4.01. The standard InChI is InChI=1S/C20H23F2N5O/c1-13(23)15(11-24-2)18-10-19(26-12-25-18)27-7-5-20(28,6-8-27)14-3-4-16(21)17(22)9-14/h3-4,9-12,28H,5-8,23H2,1-2H3/b15-13+,24-11?. The van der Waals surface area contributed by atoms with E-state index < -0.39 is 17.2 Å². The zero-order valence-electron chi connectivity index (χ0n) is 15.9. The van der Waals surface area contributed by atoms with E-state index in [1.807, 2.05) is 11.0 Å². The molecule has 1 aliphatic rings. The number of anilines is 1. The molecule has 0 saturated carbocycles. The molecule has 1 aromatic heterocycles. The summed E-state index contributed by atoms with van der Waals surface area (Å²) in [6.45, 7) is 2.80. The lowest BCUT2D eigenvalue weighted by Gasteiger charge is -2.39. The minimum Gasteiger partial charge on any atom is -0.402 e. The summed E-state index contributed by atoms with van der Waals surface area (Å²) in [6, 6.07) is 5.38. The lowest BCUT2D eigenvalue weighted by atomic mass is 9.84. The van der Waals surface area contributed by atoms with Gasteiger partial charge >= 0.3 is 0 Å². The summed E-state index contributed by atoms with van der Waals surface area (Å²) in [4.78, 5) is 14.6. The Labute approximate surface area is 162 Å². The van der Waals surface area contributed by atoms with Crippen LogP contribution in [0.3, 0.4) is 0 Å². The number of rotatable bonds is 4. The Kier molecular flexibility index (Phi) is 5.69. The van der Waals surface area contributed by atoms with Gasteiger partial charge in [0.15, 0.2) is 11.6 Å². The lowest BCUT2D eigenvalue weighted by Crippen LogP contribution is -2.43. The highest BCUT2D eigenvalue weighted by molar-refractivity contribution is 6.10. The van der Waals surface area contributed by atoms with Crippen LogP contribution in [0.5, 0.6) is 0 Å². The molecule has 6 nitrogen and oxygen atoms in total. The lowest BCUT2D eigenvalue weighted by molar-refractivity contribution is 0.0113. The second-order valence-corrected chi connectivity index (χ2v) is 6.89. The number of nitrogens with zero attached hydrogens (tertiary/aromatic N) is 4. The molecule has 0 amide bonds. The molecular formula is C20H23F2N5O. The number of nitrogens with two attached hydrogens (primary N) is 1. The normalized spacial score (nSPS) is 17.7. The highest BCUT2D eigenvalue weighted by Crippen LogP contribution is 2.35. The van der Waals surface area contributed by atoms with Crippen molar-refractivity contribution in [1.82, 2.24) is 9.97 Å². The Morgan fingerprint density at radius 1 is 1.21 bits per heavy atom. The summed E-state index contributed by atoms with van der Waals surface area (Å²) in [7, 11) is 1.66. The summed E-state index contributed by atoms with van der Waals surface area (Å²) in [5.74, 6) is -1.17. The topological polar surface area (TPSA) is 87.6 Å². The molecule has 28 heavy (non-hydrogen) atoms.